The fourth-order valence-electron chi connectivity index (χ4n) is 1.52. The Morgan fingerprint density at radius 2 is 2.05 bits per heavy atom. The summed E-state index contributed by atoms with van der Waals surface area (Å²) in [5.41, 5.74) is 1.46. The fourth-order valence-corrected chi connectivity index (χ4v) is 1.99. The number of hydrogen-bond acceptors (Lipinski definition) is 3. The van der Waals surface area contributed by atoms with E-state index in [1.165, 1.54) is 6.07 Å². The summed E-state index contributed by atoms with van der Waals surface area (Å²) in [6.45, 7) is 1.85. The van der Waals surface area contributed by atoms with Gasteiger partial charge < -0.3 is 14.8 Å². The minimum Gasteiger partial charge on any atom is -0.478 e. The van der Waals surface area contributed by atoms with Crippen molar-refractivity contribution in [1.82, 2.24) is 0 Å². The molecule has 0 bridgehead atoms. The first-order valence-electron chi connectivity index (χ1n) is 5.36. The molecule has 0 unspecified atom stereocenters. The molecule has 0 atom stereocenters. The lowest BCUT2D eigenvalue weighted by molar-refractivity contribution is 0.0696. The van der Waals surface area contributed by atoms with Gasteiger partial charge in [-0.15, -0.1) is 0 Å². The highest BCUT2D eigenvalue weighted by Crippen LogP contribution is 2.21. The Morgan fingerprint density at radius 1 is 1.32 bits per heavy atom. The molecule has 0 aliphatic heterocycles. The highest BCUT2D eigenvalue weighted by atomic mass is 79.9. The Hall–Kier alpha value is -2.08. The zero-order chi connectivity index (χ0) is 14.0. The van der Waals surface area contributed by atoms with E-state index in [2.05, 4.69) is 21.2 Å². The fraction of sp³-hybridized carbons (Fsp3) is 0.0769. The van der Waals surface area contributed by atoms with Crippen molar-refractivity contribution in [2.75, 3.05) is 5.32 Å². The number of amides is 1. The van der Waals surface area contributed by atoms with Gasteiger partial charge in [0.1, 0.15) is 6.26 Å². The Morgan fingerprint density at radius 3 is 2.63 bits per heavy atom. The average Bonchev–Trinajstić information content (AvgIpc) is 2.82. The van der Waals surface area contributed by atoms with Crippen LogP contribution in [0.1, 0.15) is 26.5 Å². The molecule has 0 aliphatic carbocycles. The Kier molecular flexibility index (Phi) is 3.71. The van der Waals surface area contributed by atoms with Crippen LogP contribution >= 0.6 is 15.9 Å². The van der Waals surface area contributed by atoms with Crippen LogP contribution in [0.2, 0.25) is 0 Å². The quantitative estimate of drug-likeness (QED) is 0.908. The molecule has 0 radical (unpaired) electrons. The van der Waals surface area contributed by atoms with E-state index in [4.69, 9.17) is 9.52 Å². The molecule has 98 valence electrons. The SMILES string of the molecule is Cc1cc(Br)ccc1NC(=O)c1cc(C(=O)O)co1. The molecule has 1 heterocycles. The predicted molar refractivity (Wildman–Crippen MR) is 72.5 cm³/mol. The van der Waals surface area contributed by atoms with E-state index < -0.39 is 11.9 Å². The third-order valence-electron chi connectivity index (χ3n) is 2.51. The number of nitrogens with one attached hydrogen (secondary N) is 1. The van der Waals surface area contributed by atoms with Crippen molar-refractivity contribution in [2.45, 2.75) is 6.92 Å². The van der Waals surface area contributed by atoms with Gasteiger partial charge >= 0.3 is 5.97 Å². The summed E-state index contributed by atoms with van der Waals surface area (Å²) in [5, 5.41) is 11.4. The van der Waals surface area contributed by atoms with E-state index in [9.17, 15) is 9.59 Å². The number of carbonyl (C=O) groups excluding carboxylic acids is 1. The molecule has 1 amide bonds. The summed E-state index contributed by atoms with van der Waals surface area (Å²) in [6.07, 6.45) is 1.03. The molecule has 0 saturated carbocycles. The number of hydrogen-bond donors (Lipinski definition) is 2. The molecule has 5 nitrogen and oxygen atoms in total. The van der Waals surface area contributed by atoms with Crippen LogP contribution in [0.15, 0.2) is 39.4 Å². The maximum Gasteiger partial charge on any atom is 0.338 e. The van der Waals surface area contributed by atoms with Crippen molar-refractivity contribution in [3.05, 3.63) is 51.9 Å². The molecule has 0 saturated heterocycles. The Balaban J connectivity index is 2.18. The molecule has 0 spiro atoms. The summed E-state index contributed by atoms with van der Waals surface area (Å²) >= 11 is 3.33. The van der Waals surface area contributed by atoms with Gasteiger partial charge in [-0.05, 0) is 30.7 Å². The highest BCUT2D eigenvalue weighted by molar-refractivity contribution is 9.10. The molecule has 2 N–H and O–H groups in total. The summed E-state index contributed by atoms with van der Waals surface area (Å²) in [5.74, 6) is -1.67. The number of furan rings is 1. The van der Waals surface area contributed by atoms with Gasteiger partial charge in [0, 0.05) is 16.2 Å². The maximum absolute atomic E-state index is 11.9. The Bertz CT molecular complexity index is 648. The minimum absolute atomic E-state index is 0.0419. The second-order valence-electron chi connectivity index (χ2n) is 3.92. The molecule has 0 aliphatic rings. The summed E-state index contributed by atoms with van der Waals surface area (Å²) in [6, 6.07) is 6.60. The van der Waals surface area contributed by atoms with Crippen LogP contribution in [0.3, 0.4) is 0 Å². The van der Waals surface area contributed by atoms with Gasteiger partial charge in [-0.2, -0.15) is 0 Å². The molecular weight excluding hydrogens is 314 g/mol. The van der Waals surface area contributed by atoms with Crippen LogP contribution in [-0.4, -0.2) is 17.0 Å². The smallest absolute Gasteiger partial charge is 0.338 e. The number of halogens is 1. The van der Waals surface area contributed by atoms with Crippen molar-refractivity contribution in [3.63, 3.8) is 0 Å². The zero-order valence-electron chi connectivity index (χ0n) is 9.94. The average molecular weight is 324 g/mol. The van der Waals surface area contributed by atoms with E-state index in [1.807, 2.05) is 13.0 Å². The summed E-state index contributed by atoms with van der Waals surface area (Å²) in [7, 11) is 0. The molecule has 2 aromatic rings. The van der Waals surface area contributed by atoms with Crippen LogP contribution in [-0.2, 0) is 0 Å². The van der Waals surface area contributed by atoms with Gasteiger partial charge in [0.25, 0.3) is 5.91 Å². The summed E-state index contributed by atoms with van der Waals surface area (Å²) < 4.78 is 5.83. The van der Waals surface area contributed by atoms with Crippen molar-refractivity contribution in [1.29, 1.82) is 0 Å². The first-order chi connectivity index (χ1) is 8.97. The normalized spacial score (nSPS) is 10.2. The molecular formula is C13H10BrNO4. The first kappa shape index (κ1) is 13.4. The lowest BCUT2D eigenvalue weighted by atomic mass is 10.2. The van der Waals surface area contributed by atoms with E-state index in [0.29, 0.717) is 5.69 Å². The third-order valence-corrected chi connectivity index (χ3v) is 3.00. The van der Waals surface area contributed by atoms with Crippen molar-refractivity contribution in [3.8, 4) is 0 Å². The van der Waals surface area contributed by atoms with Gasteiger partial charge in [-0.3, -0.25) is 4.79 Å². The number of carboxylic acid groups (broad SMARTS) is 1. The molecule has 6 heteroatoms. The monoisotopic (exact) mass is 323 g/mol. The molecule has 1 aromatic heterocycles. The molecule has 1 aromatic carbocycles. The number of rotatable bonds is 3. The second kappa shape index (κ2) is 5.27. The van der Waals surface area contributed by atoms with Crippen LogP contribution in [0.4, 0.5) is 5.69 Å². The van der Waals surface area contributed by atoms with Crippen LogP contribution in [0.25, 0.3) is 0 Å². The molecule has 0 fully saturated rings. The zero-order valence-corrected chi connectivity index (χ0v) is 11.5. The van der Waals surface area contributed by atoms with Crippen LogP contribution in [0, 0.1) is 6.92 Å². The first-order valence-corrected chi connectivity index (χ1v) is 6.16. The van der Waals surface area contributed by atoms with Gasteiger partial charge in [0.15, 0.2) is 5.76 Å². The lowest BCUT2D eigenvalue weighted by Gasteiger charge is -2.07. The van der Waals surface area contributed by atoms with Gasteiger partial charge in [0.2, 0.25) is 0 Å². The number of carbonyl (C=O) groups is 2. The van der Waals surface area contributed by atoms with Gasteiger partial charge in [-0.1, -0.05) is 15.9 Å². The van der Waals surface area contributed by atoms with Gasteiger partial charge in [-0.25, -0.2) is 4.79 Å². The number of aryl methyl sites for hydroxylation is 1. The lowest BCUT2D eigenvalue weighted by Crippen LogP contribution is -2.11. The maximum atomic E-state index is 11.9. The van der Waals surface area contributed by atoms with Crippen LogP contribution in [0.5, 0.6) is 0 Å². The molecule has 2 rings (SSSR count). The van der Waals surface area contributed by atoms with Crippen molar-refractivity contribution >= 4 is 33.5 Å². The summed E-state index contributed by atoms with van der Waals surface area (Å²) in [4.78, 5) is 22.6. The standard InChI is InChI=1S/C13H10BrNO4/c1-7-4-9(14)2-3-10(7)15-12(16)11-5-8(6-19-11)13(17)18/h2-6H,1H3,(H,15,16)(H,17,18). The third kappa shape index (κ3) is 3.03. The number of benzene rings is 1. The number of carboxylic acids is 1. The largest absolute Gasteiger partial charge is 0.478 e. The molecule has 19 heavy (non-hydrogen) atoms. The number of aromatic carboxylic acids is 1. The van der Waals surface area contributed by atoms with E-state index in [1.54, 1.807) is 12.1 Å². The van der Waals surface area contributed by atoms with Crippen molar-refractivity contribution in [2.24, 2.45) is 0 Å². The minimum atomic E-state index is -1.14. The topological polar surface area (TPSA) is 79.5 Å². The highest BCUT2D eigenvalue weighted by Gasteiger charge is 2.15. The Labute approximate surface area is 117 Å². The van der Waals surface area contributed by atoms with Crippen molar-refractivity contribution < 1.29 is 19.1 Å². The van der Waals surface area contributed by atoms with E-state index in [0.717, 1.165) is 16.3 Å². The van der Waals surface area contributed by atoms with E-state index >= 15 is 0 Å². The van der Waals surface area contributed by atoms with Gasteiger partial charge in [0.05, 0.1) is 5.56 Å². The van der Waals surface area contributed by atoms with Crippen LogP contribution < -0.4 is 5.32 Å². The predicted octanol–water partition coefficient (Wildman–Crippen LogP) is 3.30. The number of anilines is 1. The second-order valence-corrected chi connectivity index (χ2v) is 4.83. The van der Waals surface area contributed by atoms with E-state index in [-0.39, 0.29) is 11.3 Å².